The Bertz CT molecular complexity index is 1190. The second-order valence-corrected chi connectivity index (χ2v) is 8.85. The number of anilines is 2. The molecule has 1 unspecified atom stereocenters. The summed E-state index contributed by atoms with van der Waals surface area (Å²) in [6, 6.07) is 20.7. The fourth-order valence-electron chi connectivity index (χ4n) is 4.52. The Balaban J connectivity index is 1.57. The van der Waals surface area contributed by atoms with Gasteiger partial charge in [-0.25, -0.2) is 0 Å². The molecule has 6 heteroatoms. The summed E-state index contributed by atoms with van der Waals surface area (Å²) in [6.45, 7) is 2.56. The highest BCUT2D eigenvalue weighted by atomic mass is 16.5. The monoisotopic (exact) mass is 457 g/mol. The third-order valence-corrected chi connectivity index (χ3v) is 6.39. The van der Waals surface area contributed by atoms with Gasteiger partial charge in [-0.3, -0.25) is 9.59 Å². The molecule has 3 aromatic rings. The van der Waals surface area contributed by atoms with Gasteiger partial charge in [0.25, 0.3) is 11.8 Å². The minimum atomic E-state index is -0.165. The van der Waals surface area contributed by atoms with Crippen molar-refractivity contribution in [2.75, 3.05) is 38.0 Å². The van der Waals surface area contributed by atoms with Crippen LogP contribution in [-0.4, -0.2) is 44.5 Å². The molecule has 0 aliphatic carbocycles. The molecule has 0 saturated carbocycles. The Morgan fingerprint density at radius 1 is 1.03 bits per heavy atom. The molecule has 3 aromatic carbocycles. The Morgan fingerprint density at radius 3 is 2.44 bits per heavy atom. The molecule has 1 N–H and O–H groups in total. The molecule has 1 aliphatic heterocycles. The topological polar surface area (TPSA) is 61.9 Å². The number of rotatable bonds is 5. The second-order valence-electron chi connectivity index (χ2n) is 8.85. The summed E-state index contributed by atoms with van der Waals surface area (Å²) < 4.78 is 5.46. The average molecular weight is 458 g/mol. The van der Waals surface area contributed by atoms with E-state index in [1.54, 1.807) is 37.4 Å². The van der Waals surface area contributed by atoms with Gasteiger partial charge < -0.3 is 19.9 Å². The molecule has 4 rings (SSSR count). The van der Waals surface area contributed by atoms with E-state index in [1.807, 2.05) is 48.2 Å². The zero-order valence-corrected chi connectivity index (χ0v) is 20.2. The van der Waals surface area contributed by atoms with Crippen molar-refractivity contribution in [1.82, 2.24) is 4.90 Å². The third-order valence-electron chi connectivity index (χ3n) is 6.39. The van der Waals surface area contributed by atoms with E-state index in [4.69, 9.17) is 4.74 Å². The van der Waals surface area contributed by atoms with Crippen molar-refractivity contribution < 1.29 is 14.3 Å². The van der Waals surface area contributed by atoms with Crippen LogP contribution in [0, 0.1) is 6.92 Å². The summed E-state index contributed by atoms with van der Waals surface area (Å²) in [5.74, 6) is 0.568. The molecule has 1 aliphatic rings. The molecule has 0 bridgehead atoms. The van der Waals surface area contributed by atoms with Crippen LogP contribution in [0.5, 0.6) is 5.75 Å². The summed E-state index contributed by atoms with van der Waals surface area (Å²) >= 11 is 0. The minimum Gasteiger partial charge on any atom is -0.497 e. The maximum absolute atomic E-state index is 13.5. The highest BCUT2D eigenvalue weighted by Gasteiger charge is 2.28. The van der Waals surface area contributed by atoms with Gasteiger partial charge in [0.05, 0.1) is 7.11 Å². The van der Waals surface area contributed by atoms with E-state index in [1.165, 1.54) is 0 Å². The molecule has 6 nitrogen and oxygen atoms in total. The van der Waals surface area contributed by atoms with Crippen LogP contribution in [0.1, 0.15) is 50.7 Å². The summed E-state index contributed by atoms with van der Waals surface area (Å²) in [6.07, 6.45) is 1.86. The van der Waals surface area contributed by atoms with Gasteiger partial charge in [-0.2, -0.15) is 0 Å². The molecular formula is C28H31N3O3. The number of ether oxygens (including phenoxy) is 1. The number of hydrogen-bond donors (Lipinski definition) is 1. The Morgan fingerprint density at radius 2 is 1.76 bits per heavy atom. The minimum absolute atomic E-state index is 0.0531. The standard InChI is InChI=1S/C28H31N3O3/c1-19-8-5-6-9-23(19)27(32)29-21-13-11-20(12-14-21)28(33)31-17-7-10-25(30(2)3)24-18-22(34-4)15-16-26(24)31/h5-6,8-9,11-16,18,25H,7,10,17H2,1-4H3,(H,29,32). The van der Waals surface area contributed by atoms with Crippen molar-refractivity contribution >= 4 is 23.2 Å². The first-order valence-corrected chi connectivity index (χ1v) is 11.5. The molecule has 34 heavy (non-hydrogen) atoms. The predicted molar refractivity (Wildman–Crippen MR) is 136 cm³/mol. The SMILES string of the molecule is COc1ccc2c(c1)C(N(C)C)CCCN2C(=O)c1ccc(NC(=O)c2ccccc2C)cc1. The number of carbonyl (C=O) groups excluding carboxylic acids is 2. The molecular weight excluding hydrogens is 426 g/mol. The van der Waals surface area contributed by atoms with Crippen LogP contribution in [0.3, 0.4) is 0 Å². The van der Waals surface area contributed by atoms with E-state index in [-0.39, 0.29) is 17.9 Å². The first-order chi connectivity index (χ1) is 16.4. The quantitative estimate of drug-likeness (QED) is 0.565. The largest absolute Gasteiger partial charge is 0.497 e. The lowest BCUT2D eigenvalue weighted by molar-refractivity contribution is 0.0985. The smallest absolute Gasteiger partial charge is 0.258 e. The van der Waals surface area contributed by atoms with E-state index >= 15 is 0 Å². The van der Waals surface area contributed by atoms with E-state index in [9.17, 15) is 9.59 Å². The second kappa shape index (κ2) is 10.1. The highest BCUT2D eigenvalue weighted by molar-refractivity contribution is 6.08. The van der Waals surface area contributed by atoms with Gasteiger partial charge >= 0.3 is 0 Å². The maximum atomic E-state index is 13.5. The summed E-state index contributed by atoms with van der Waals surface area (Å²) in [5, 5.41) is 2.92. The summed E-state index contributed by atoms with van der Waals surface area (Å²) in [5.41, 5.74) is 4.79. The number of amides is 2. The van der Waals surface area contributed by atoms with Crippen molar-refractivity contribution in [3.63, 3.8) is 0 Å². The molecule has 1 atom stereocenters. The Labute approximate surface area is 201 Å². The van der Waals surface area contributed by atoms with Crippen molar-refractivity contribution in [3.05, 3.63) is 89.0 Å². The lowest BCUT2D eigenvalue weighted by atomic mass is 10.00. The van der Waals surface area contributed by atoms with Gasteiger partial charge in [-0.05, 0) is 93.5 Å². The van der Waals surface area contributed by atoms with Crippen molar-refractivity contribution in [2.45, 2.75) is 25.8 Å². The number of aryl methyl sites for hydroxylation is 1. The lowest BCUT2D eigenvalue weighted by Crippen LogP contribution is -2.32. The number of nitrogens with one attached hydrogen (secondary N) is 1. The first kappa shape index (κ1) is 23.5. The van der Waals surface area contributed by atoms with E-state index in [0.29, 0.717) is 23.4 Å². The molecule has 2 amide bonds. The van der Waals surface area contributed by atoms with Gasteiger partial charge in [-0.15, -0.1) is 0 Å². The zero-order valence-electron chi connectivity index (χ0n) is 20.2. The first-order valence-electron chi connectivity index (χ1n) is 11.5. The third kappa shape index (κ3) is 4.82. The van der Waals surface area contributed by atoms with Gasteiger partial charge in [0.1, 0.15) is 5.75 Å². The van der Waals surface area contributed by atoms with Gasteiger partial charge in [0, 0.05) is 35.1 Å². The van der Waals surface area contributed by atoms with E-state index < -0.39 is 0 Å². The summed E-state index contributed by atoms with van der Waals surface area (Å²) in [7, 11) is 5.79. The van der Waals surface area contributed by atoms with Crippen LogP contribution in [0.15, 0.2) is 66.7 Å². The number of carbonyl (C=O) groups is 2. The molecule has 0 radical (unpaired) electrons. The number of benzene rings is 3. The lowest BCUT2D eigenvalue weighted by Gasteiger charge is -2.27. The Hall–Kier alpha value is -3.64. The summed E-state index contributed by atoms with van der Waals surface area (Å²) in [4.78, 5) is 30.2. The number of hydrogen-bond acceptors (Lipinski definition) is 4. The van der Waals surface area contributed by atoms with Crippen molar-refractivity contribution in [1.29, 1.82) is 0 Å². The molecule has 0 fully saturated rings. The molecule has 0 spiro atoms. The van der Waals surface area contributed by atoms with Gasteiger partial charge in [-0.1, -0.05) is 18.2 Å². The van der Waals surface area contributed by atoms with Crippen LogP contribution in [0.2, 0.25) is 0 Å². The number of fused-ring (bicyclic) bond motifs is 1. The number of nitrogens with zero attached hydrogens (tertiary/aromatic N) is 2. The zero-order chi connectivity index (χ0) is 24.2. The van der Waals surface area contributed by atoms with Crippen molar-refractivity contribution in [2.24, 2.45) is 0 Å². The predicted octanol–water partition coefficient (Wildman–Crippen LogP) is 5.30. The molecule has 0 aromatic heterocycles. The van der Waals surface area contributed by atoms with Crippen LogP contribution in [0.25, 0.3) is 0 Å². The molecule has 1 heterocycles. The highest BCUT2D eigenvalue weighted by Crippen LogP contribution is 2.38. The number of methoxy groups -OCH3 is 1. The van der Waals surface area contributed by atoms with E-state index in [0.717, 1.165) is 35.4 Å². The normalized spacial score (nSPS) is 15.4. The van der Waals surface area contributed by atoms with Crippen molar-refractivity contribution in [3.8, 4) is 5.75 Å². The van der Waals surface area contributed by atoms with E-state index in [2.05, 4.69) is 24.3 Å². The van der Waals surface area contributed by atoms with Crippen LogP contribution in [0.4, 0.5) is 11.4 Å². The van der Waals surface area contributed by atoms with Gasteiger partial charge in [0.2, 0.25) is 0 Å². The maximum Gasteiger partial charge on any atom is 0.258 e. The van der Waals surface area contributed by atoms with Crippen LogP contribution in [-0.2, 0) is 0 Å². The van der Waals surface area contributed by atoms with Crippen LogP contribution < -0.4 is 15.0 Å². The van der Waals surface area contributed by atoms with Gasteiger partial charge in [0.15, 0.2) is 0 Å². The fourth-order valence-corrected chi connectivity index (χ4v) is 4.52. The molecule has 176 valence electrons. The average Bonchev–Trinajstić information content (AvgIpc) is 3.03. The Kier molecular flexibility index (Phi) is 6.98. The fraction of sp³-hybridized carbons (Fsp3) is 0.286. The van der Waals surface area contributed by atoms with Crippen LogP contribution >= 0.6 is 0 Å². The molecule has 0 saturated heterocycles.